The van der Waals surface area contributed by atoms with Gasteiger partial charge in [0.15, 0.2) is 5.60 Å². The van der Waals surface area contributed by atoms with Gasteiger partial charge in [0.1, 0.15) is 5.82 Å². The van der Waals surface area contributed by atoms with Crippen LogP contribution in [0.25, 0.3) is 0 Å². The van der Waals surface area contributed by atoms with E-state index in [2.05, 4.69) is 4.98 Å². The van der Waals surface area contributed by atoms with Gasteiger partial charge in [-0.1, -0.05) is 19.9 Å². The van der Waals surface area contributed by atoms with Gasteiger partial charge in [-0.2, -0.15) is 13.2 Å². The quantitative estimate of drug-likeness (QED) is 0.761. The fourth-order valence-corrected chi connectivity index (χ4v) is 3.21. The van der Waals surface area contributed by atoms with Crippen molar-refractivity contribution in [3.8, 4) is 0 Å². The molecule has 0 aliphatic heterocycles. The number of aromatic nitrogens is 1. The third-order valence-corrected chi connectivity index (χ3v) is 4.34. The lowest BCUT2D eigenvalue weighted by Gasteiger charge is -2.38. The van der Waals surface area contributed by atoms with Crippen molar-refractivity contribution in [3.63, 3.8) is 0 Å². The molecule has 1 heterocycles. The maximum absolute atomic E-state index is 13.6. The lowest BCUT2D eigenvalue weighted by atomic mass is 9.72. The topological polar surface area (TPSA) is 36.0 Å². The first-order valence-corrected chi connectivity index (χ1v) is 7.63. The number of halogens is 4. The molecule has 2 N–H and O–H groups in total. The normalized spacial score (nSPS) is 15.3. The van der Waals surface area contributed by atoms with Crippen LogP contribution in [0.3, 0.4) is 0 Å². The van der Waals surface area contributed by atoms with Gasteiger partial charge in [0.2, 0.25) is 0 Å². The Balaban J connectivity index is 2.39. The number of aromatic amines is 1. The summed E-state index contributed by atoms with van der Waals surface area (Å²) < 4.78 is 54.3. The van der Waals surface area contributed by atoms with Crippen LogP contribution in [0.15, 0.2) is 36.5 Å². The first-order valence-electron chi connectivity index (χ1n) is 7.63. The van der Waals surface area contributed by atoms with Gasteiger partial charge < -0.3 is 10.1 Å². The predicted molar refractivity (Wildman–Crippen MR) is 84.3 cm³/mol. The first kappa shape index (κ1) is 18.5. The second-order valence-electron chi connectivity index (χ2n) is 6.92. The molecule has 24 heavy (non-hydrogen) atoms. The lowest BCUT2D eigenvalue weighted by molar-refractivity contribution is -0.266. The monoisotopic (exact) mass is 343 g/mol. The van der Waals surface area contributed by atoms with E-state index in [1.54, 1.807) is 26.8 Å². The van der Waals surface area contributed by atoms with Crippen LogP contribution in [-0.2, 0) is 11.8 Å². The zero-order valence-electron chi connectivity index (χ0n) is 13.8. The Hall–Kier alpha value is -1.82. The van der Waals surface area contributed by atoms with Gasteiger partial charge in [-0.05, 0) is 54.2 Å². The number of rotatable bonds is 5. The number of hydrogen-bond acceptors (Lipinski definition) is 1. The molecule has 0 saturated heterocycles. The van der Waals surface area contributed by atoms with Crippen LogP contribution in [0.5, 0.6) is 0 Å². The molecule has 132 valence electrons. The molecule has 2 nitrogen and oxygen atoms in total. The smallest absolute Gasteiger partial charge is 0.380 e. The van der Waals surface area contributed by atoms with Crippen molar-refractivity contribution in [2.24, 2.45) is 0 Å². The molecule has 6 heteroatoms. The van der Waals surface area contributed by atoms with Crippen molar-refractivity contribution in [3.05, 3.63) is 59.2 Å². The molecular weight excluding hydrogens is 322 g/mol. The summed E-state index contributed by atoms with van der Waals surface area (Å²) >= 11 is 0. The highest BCUT2D eigenvalue weighted by atomic mass is 19.4. The standard InChI is InChI=1S/C18H21F4NO/c1-12-6-7-13(19)9-15(12)16(2,3)11-17(24,18(20,21)22)10-14-5-4-8-23-14/h4-9,23-24H,10-11H2,1-3H3. The fourth-order valence-electron chi connectivity index (χ4n) is 3.21. The van der Waals surface area contributed by atoms with Gasteiger partial charge in [-0.15, -0.1) is 0 Å². The maximum Gasteiger partial charge on any atom is 0.417 e. The predicted octanol–water partition coefficient (Wildman–Crippen LogP) is 4.67. The van der Waals surface area contributed by atoms with Gasteiger partial charge in [0, 0.05) is 18.3 Å². The molecule has 0 fully saturated rings. The number of aliphatic hydroxyl groups is 1. The Labute approximate surface area is 138 Å². The zero-order chi connectivity index (χ0) is 18.2. The van der Waals surface area contributed by atoms with Gasteiger partial charge >= 0.3 is 6.18 Å². The number of nitrogens with one attached hydrogen (secondary N) is 1. The van der Waals surface area contributed by atoms with Crippen molar-refractivity contribution < 1.29 is 22.7 Å². The number of H-pyrrole nitrogens is 1. The minimum Gasteiger partial charge on any atom is -0.380 e. The summed E-state index contributed by atoms with van der Waals surface area (Å²) in [5.74, 6) is -0.511. The minimum absolute atomic E-state index is 0.293. The molecule has 1 unspecified atom stereocenters. The van der Waals surface area contributed by atoms with Crippen molar-refractivity contribution in [2.75, 3.05) is 0 Å². The second-order valence-corrected chi connectivity index (χ2v) is 6.92. The Morgan fingerprint density at radius 2 is 1.79 bits per heavy atom. The average molecular weight is 343 g/mol. The summed E-state index contributed by atoms with van der Waals surface area (Å²) in [6, 6.07) is 7.11. The molecule has 0 radical (unpaired) electrons. The van der Waals surface area contributed by atoms with E-state index in [1.807, 2.05) is 0 Å². The Kier molecular flexibility index (Phi) is 4.81. The van der Waals surface area contributed by atoms with Crippen LogP contribution in [0.2, 0.25) is 0 Å². The van der Waals surface area contributed by atoms with Crippen molar-refractivity contribution >= 4 is 0 Å². The number of aryl methyl sites for hydroxylation is 1. The zero-order valence-corrected chi connectivity index (χ0v) is 13.8. The fraction of sp³-hybridized carbons (Fsp3) is 0.444. The van der Waals surface area contributed by atoms with Gasteiger partial charge in [-0.25, -0.2) is 4.39 Å². The Morgan fingerprint density at radius 3 is 2.33 bits per heavy atom. The summed E-state index contributed by atoms with van der Waals surface area (Å²) in [4.78, 5) is 2.69. The van der Waals surface area contributed by atoms with Crippen LogP contribution in [0, 0.1) is 12.7 Å². The Morgan fingerprint density at radius 1 is 1.12 bits per heavy atom. The van der Waals surface area contributed by atoms with Gasteiger partial charge in [0.05, 0.1) is 0 Å². The number of benzene rings is 1. The third-order valence-electron chi connectivity index (χ3n) is 4.34. The van der Waals surface area contributed by atoms with Crippen LogP contribution in [0.4, 0.5) is 17.6 Å². The highest BCUT2D eigenvalue weighted by Crippen LogP contribution is 2.43. The second kappa shape index (κ2) is 6.24. The number of alkyl halides is 3. The first-order chi connectivity index (χ1) is 10.9. The highest BCUT2D eigenvalue weighted by molar-refractivity contribution is 5.33. The molecule has 0 aliphatic rings. The van der Waals surface area contributed by atoms with E-state index in [-0.39, 0.29) is 0 Å². The molecule has 1 atom stereocenters. The molecule has 2 rings (SSSR count). The van der Waals surface area contributed by atoms with E-state index >= 15 is 0 Å². The molecule has 1 aromatic heterocycles. The number of hydrogen-bond donors (Lipinski definition) is 2. The molecular formula is C18H21F4NO. The van der Waals surface area contributed by atoms with Crippen LogP contribution in [-0.4, -0.2) is 21.9 Å². The van der Waals surface area contributed by atoms with Crippen LogP contribution >= 0.6 is 0 Å². The van der Waals surface area contributed by atoms with E-state index in [0.29, 0.717) is 16.8 Å². The summed E-state index contributed by atoms with van der Waals surface area (Å²) in [7, 11) is 0. The summed E-state index contributed by atoms with van der Waals surface area (Å²) in [5.41, 5.74) is -2.55. The third kappa shape index (κ3) is 3.80. The van der Waals surface area contributed by atoms with Gasteiger partial charge in [-0.3, -0.25) is 0 Å². The average Bonchev–Trinajstić information content (AvgIpc) is 2.92. The highest BCUT2D eigenvalue weighted by Gasteiger charge is 2.56. The summed E-state index contributed by atoms with van der Waals surface area (Å²) in [6.07, 6.45) is -4.46. The molecule has 0 spiro atoms. The van der Waals surface area contributed by atoms with Crippen molar-refractivity contribution in [2.45, 2.75) is 50.8 Å². The van der Waals surface area contributed by atoms with Crippen molar-refractivity contribution in [1.82, 2.24) is 4.98 Å². The molecule has 2 aromatic rings. The molecule has 0 bridgehead atoms. The van der Waals surface area contributed by atoms with E-state index < -0.39 is 35.9 Å². The van der Waals surface area contributed by atoms with E-state index in [1.165, 1.54) is 30.5 Å². The maximum atomic E-state index is 13.6. The van der Waals surface area contributed by atoms with E-state index in [0.717, 1.165) is 0 Å². The van der Waals surface area contributed by atoms with Crippen molar-refractivity contribution in [1.29, 1.82) is 0 Å². The SMILES string of the molecule is Cc1ccc(F)cc1C(C)(C)CC(O)(Cc1ccc[nH]1)C(F)(F)F. The molecule has 0 amide bonds. The molecule has 0 aliphatic carbocycles. The van der Waals surface area contributed by atoms with Crippen LogP contribution in [0.1, 0.15) is 37.1 Å². The lowest BCUT2D eigenvalue weighted by Crippen LogP contribution is -2.51. The molecule has 0 saturated carbocycles. The molecule has 1 aromatic carbocycles. The van der Waals surface area contributed by atoms with E-state index in [9.17, 15) is 22.7 Å². The van der Waals surface area contributed by atoms with E-state index in [4.69, 9.17) is 0 Å². The van der Waals surface area contributed by atoms with Crippen LogP contribution < -0.4 is 0 Å². The summed E-state index contributed by atoms with van der Waals surface area (Å²) in [5, 5.41) is 10.4. The summed E-state index contributed by atoms with van der Waals surface area (Å²) in [6.45, 7) is 4.88. The minimum atomic E-state index is -4.81. The largest absolute Gasteiger partial charge is 0.417 e. The Bertz CT molecular complexity index is 692. The van der Waals surface area contributed by atoms with Gasteiger partial charge in [0.25, 0.3) is 0 Å².